The number of carbonyl (C=O) groups is 1. The van der Waals surface area contributed by atoms with E-state index < -0.39 is 5.97 Å². The van der Waals surface area contributed by atoms with Gasteiger partial charge in [0, 0.05) is 24.0 Å². The van der Waals surface area contributed by atoms with Crippen LogP contribution in [0.15, 0.2) is 11.4 Å². The number of hydrogen-bond donors (Lipinski definition) is 1. The number of carboxylic acids is 1. The first kappa shape index (κ1) is 11.6. The van der Waals surface area contributed by atoms with Crippen molar-refractivity contribution in [2.75, 3.05) is 13.1 Å². The quantitative estimate of drug-likeness (QED) is 0.877. The molecule has 16 heavy (non-hydrogen) atoms. The van der Waals surface area contributed by atoms with Crippen LogP contribution in [0.1, 0.15) is 36.2 Å². The van der Waals surface area contributed by atoms with Crippen LogP contribution in [0.5, 0.6) is 0 Å². The molecule has 1 N–H and O–H groups in total. The largest absolute Gasteiger partial charge is 0.481 e. The van der Waals surface area contributed by atoms with E-state index >= 15 is 0 Å². The second-order valence-electron chi connectivity index (χ2n) is 4.15. The maximum atomic E-state index is 10.6. The normalized spacial score (nSPS) is 20.7. The Kier molecular flexibility index (Phi) is 3.61. The Morgan fingerprint density at radius 3 is 3.19 bits per heavy atom. The molecule has 1 unspecified atom stereocenters. The smallest absolute Gasteiger partial charge is 0.304 e. The molecular weight excluding hydrogens is 222 g/mol. The zero-order chi connectivity index (χ0) is 11.5. The minimum atomic E-state index is -0.703. The SMILES string of the molecule is CCC1c2ccsc2CCN1CCC(=O)O. The first-order valence-electron chi connectivity index (χ1n) is 5.74. The average molecular weight is 239 g/mol. The lowest BCUT2D eigenvalue weighted by Gasteiger charge is -2.35. The highest BCUT2D eigenvalue weighted by molar-refractivity contribution is 7.10. The molecule has 0 amide bonds. The van der Waals surface area contributed by atoms with Crippen LogP contribution in [0.3, 0.4) is 0 Å². The molecule has 1 aromatic rings. The summed E-state index contributed by atoms with van der Waals surface area (Å²) < 4.78 is 0. The summed E-state index contributed by atoms with van der Waals surface area (Å²) in [6, 6.07) is 2.62. The maximum absolute atomic E-state index is 10.6. The number of nitrogens with zero attached hydrogens (tertiary/aromatic N) is 1. The maximum Gasteiger partial charge on any atom is 0.304 e. The summed E-state index contributed by atoms with van der Waals surface area (Å²) in [6.07, 6.45) is 2.38. The highest BCUT2D eigenvalue weighted by Crippen LogP contribution is 2.34. The number of rotatable bonds is 4. The number of fused-ring (bicyclic) bond motifs is 1. The molecule has 0 saturated carbocycles. The number of carboxylic acid groups (broad SMARTS) is 1. The Morgan fingerprint density at radius 2 is 2.50 bits per heavy atom. The lowest BCUT2D eigenvalue weighted by molar-refractivity contribution is -0.137. The van der Waals surface area contributed by atoms with Gasteiger partial charge in [0.15, 0.2) is 0 Å². The van der Waals surface area contributed by atoms with Gasteiger partial charge in [0.05, 0.1) is 6.42 Å². The van der Waals surface area contributed by atoms with Crippen molar-refractivity contribution < 1.29 is 9.90 Å². The minimum Gasteiger partial charge on any atom is -0.481 e. The molecule has 0 spiro atoms. The number of aliphatic carboxylic acids is 1. The molecule has 1 aliphatic rings. The zero-order valence-electron chi connectivity index (χ0n) is 9.48. The average Bonchev–Trinajstić information content (AvgIpc) is 2.73. The molecule has 0 aromatic carbocycles. The van der Waals surface area contributed by atoms with Gasteiger partial charge >= 0.3 is 5.97 Å². The summed E-state index contributed by atoms with van der Waals surface area (Å²) in [6.45, 7) is 3.84. The van der Waals surface area contributed by atoms with E-state index in [4.69, 9.17) is 5.11 Å². The van der Waals surface area contributed by atoms with E-state index in [1.54, 1.807) is 0 Å². The Morgan fingerprint density at radius 1 is 1.69 bits per heavy atom. The molecule has 4 heteroatoms. The van der Waals surface area contributed by atoms with E-state index in [1.165, 1.54) is 10.4 Å². The topological polar surface area (TPSA) is 40.5 Å². The predicted molar refractivity (Wildman–Crippen MR) is 64.9 cm³/mol. The van der Waals surface area contributed by atoms with Gasteiger partial charge in [-0.1, -0.05) is 6.92 Å². The predicted octanol–water partition coefficient (Wildman–Crippen LogP) is 2.53. The molecular formula is C12H17NO2S. The van der Waals surface area contributed by atoms with Gasteiger partial charge < -0.3 is 5.11 Å². The third kappa shape index (κ3) is 2.28. The Labute approximate surface area is 99.7 Å². The van der Waals surface area contributed by atoms with Gasteiger partial charge in [-0.3, -0.25) is 9.69 Å². The van der Waals surface area contributed by atoms with Crippen molar-refractivity contribution in [3.05, 3.63) is 21.9 Å². The van der Waals surface area contributed by atoms with Crippen molar-refractivity contribution in [1.29, 1.82) is 0 Å². The van der Waals surface area contributed by atoms with Gasteiger partial charge in [-0.25, -0.2) is 0 Å². The van der Waals surface area contributed by atoms with Gasteiger partial charge in [-0.05, 0) is 29.9 Å². The molecule has 1 aromatic heterocycles. The fraction of sp³-hybridized carbons (Fsp3) is 0.583. The highest BCUT2D eigenvalue weighted by atomic mass is 32.1. The molecule has 1 aliphatic heterocycles. The van der Waals surface area contributed by atoms with Gasteiger partial charge in [0.1, 0.15) is 0 Å². The van der Waals surface area contributed by atoms with Crippen molar-refractivity contribution >= 4 is 17.3 Å². The van der Waals surface area contributed by atoms with E-state index in [0.717, 1.165) is 19.4 Å². The molecule has 0 saturated heterocycles. The minimum absolute atomic E-state index is 0.246. The van der Waals surface area contributed by atoms with Gasteiger partial charge in [-0.15, -0.1) is 11.3 Å². The summed E-state index contributed by atoms with van der Waals surface area (Å²) in [5.41, 5.74) is 1.42. The van der Waals surface area contributed by atoms with Crippen LogP contribution >= 0.6 is 11.3 Å². The standard InChI is InChI=1S/C12H17NO2S/c1-2-10-9-5-8-16-11(9)3-6-13(10)7-4-12(14)15/h5,8,10H,2-4,6-7H2,1H3,(H,14,15). The Balaban J connectivity index is 2.08. The molecule has 0 radical (unpaired) electrons. The van der Waals surface area contributed by atoms with Gasteiger partial charge in [-0.2, -0.15) is 0 Å². The second kappa shape index (κ2) is 4.97. The van der Waals surface area contributed by atoms with Crippen molar-refractivity contribution in [1.82, 2.24) is 4.90 Å². The van der Waals surface area contributed by atoms with Crippen LogP contribution in [-0.2, 0) is 11.2 Å². The van der Waals surface area contributed by atoms with Crippen LogP contribution in [-0.4, -0.2) is 29.1 Å². The van der Waals surface area contributed by atoms with E-state index in [1.807, 2.05) is 11.3 Å². The summed E-state index contributed by atoms with van der Waals surface area (Å²) >= 11 is 1.83. The van der Waals surface area contributed by atoms with E-state index in [2.05, 4.69) is 23.3 Å². The van der Waals surface area contributed by atoms with E-state index in [0.29, 0.717) is 12.6 Å². The van der Waals surface area contributed by atoms with E-state index in [-0.39, 0.29) is 6.42 Å². The van der Waals surface area contributed by atoms with Crippen molar-refractivity contribution in [2.45, 2.75) is 32.2 Å². The first-order chi connectivity index (χ1) is 7.72. The third-order valence-electron chi connectivity index (χ3n) is 3.21. The fourth-order valence-electron chi connectivity index (χ4n) is 2.43. The molecule has 1 atom stereocenters. The van der Waals surface area contributed by atoms with Crippen LogP contribution in [0.2, 0.25) is 0 Å². The molecule has 0 bridgehead atoms. The molecule has 2 heterocycles. The van der Waals surface area contributed by atoms with Crippen LogP contribution in [0, 0.1) is 0 Å². The molecule has 2 rings (SSSR count). The molecule has 3 nitrogen and oxygen atoms in total. The summed E-state index contributed by atoms with van der Waals surface area (Å²) in [7, 11) is 0. The molecule has 0 aliphatic carbocycles. The van der Waals surface area contributed by atoms with Crippen molar-refractivity contribution in [2.24, 2.45) is 0 Å². The summed E-state index contributed by atoms with van der Waals surface area (Å²) in [5, 5.41) is 10.9. The number of thiophene rings is 1. The van der Waals surface area contributed by atoms with Gasteiger partial charge in [0.2, 0.25) is 0 Å². The zero-order valence-corrected chi connectivity index (χ0v) is 10.3. The van der Waals surface area contributed by atoms with Crippen molar-refractivity contribution in [3.8, 4) is 0 Å². The second-order valence-corrected chi connectivity index (χ2v) is 5.15. The van der Waals surface area contributed by atoms with Crippen LogP contribution < -0.4 is 0 Å². The van der Waals surface area contributed by atoms with Crippen molar-refractivity contribution in [3.63, 3.8) is 0 Å². The van der Waals surface area contributed by atoms with Gasteiger partial charge in [0.25, 0.3) is 0 Å². The highest BCUT2D eigenvalue weighted by Gasteiger charge is 2.26. The van der Waals surface area contributed by atoms with Crippen LogP contribution in [0.25, 0.3) is 0 Å². The lowest BCUT2D eigenvalue weighted by atomic mass is 9.98. The Bertz CT molecular complexity index is 375. The Hall–Kier alpha value is -0.870. The number of hydrogen-bond acceptors (Lipinski definition) is 3. The molecule has 88 valence electrons. The fourth-order valence-corrected chi connectivity index (χ4v) is 3.36. The van der Waals surface area contributed by atoms with E-state index in [9.17, 15) is 4.79 Å². The third-order valence-corrected chi connectivity index (χ3v) is 4.20. The monoisotopic (exact) mass is 239 g/mol. The molecule has 0 fully saturated rings. The first-order valence-corrected chi connectivity index (χ1v) is 6.62. The lowest BCUT2D eigenvalue weighted by Crippen LogP contribution is -2.35. The summed E-state index contributed by atoms with van der Waals surface area (Å²) in [5.74, 6) is -0.703. The van der Waals surface area contributed by atoms with Crippen LogP contribution in [0.4, 0.5) is 0 Å². The summed E-state index contributed by atoms with van der Waals surface area (Å²) in [4.78, 5) is 14.4.